The van der Waals surface area contributed by atoms with Crippen LogP contribution in [0.5, 0.6) is 0 Å². The van der Waals surface area contributed by atoms with Crippen LogP contribution in [0.4, 0.5) is 4.39 Å². The van der Waals surface area contributed by atoms with Gasteiger partial charge in [0, 0.05) is 8.96 Å². The van der Waals surface area contributed by atoms with E-state index in [0.717, 1.165) is 10.9 Å². The lowest BCUT2D eigenvalue weighted by atomic mass is 9.97. The van der Waals surface area contributed by atoms with Crippen molar-refractivity contribution in [3.63, 3.8) is 0 Å². The molecule has 0 saturated carbocycles. The Bertz CT molecular complexity index is 813. The Morgan fingerprint density at radius 2 is 1.62 bits per heavy atom. The second kappa shape index (κ2) is 6.05. The van der Waals surface area contributed by atoms with Crippen molar-refractivity contribution in [3.8, 4) is 0 Å². The summed E-state index contributed by atoms with van der Waals surface area (Å²) >= 11 is 6.17. The zero-order chi connectivity index (χ0) is 15.0. The summed E-state index contributed by atoms with van der Waals surface area (Å²) < 4.78 is 15.2. The van der Waals surface area contributed by atoms with E-state index in [2.05, 4.69) is 63.6 Å². The highest BCUT2D eigenvalue weighted by Crippen LogP contribution is 2.38. The molecule has 0 saturated heterocycles. The molecule has 3 aromatic rings. The average Bonchev–Trinajstić information content (AvgIpc) is 2.50. The number of alkyl halides is 1. The van der Waals surface area contributed by atoms with Crippen LogP contribution in [0.15, 0.2) is 54.6 Å². The van der Waals surface area contributed by atoms with Gasteiger partial charge in [0.05, 0.1) is 4.83 Å². The van der Waals surface area contributed by atoms with Crippen LogP contribution in [0.3, 0.4) is 0 Å². The van der Waals surface area contributed by atoms with Crippen molar-refractivity contribution in [2.24, 2.45) is 0 Å². The van der Waals surface area contributed by atoms with E-state index >= 15 is 0 Å². The minimum absolute atomic E-state index is 0.0507. The third kappa shape index (κ3) is 2.73. The molecule has 0 aliphatic heterocycles. The summed E-state index contributed by atoms with van der Waals surface area (Å²) in [6, 6.07) is 17.3. The number of halogens is 3. The summed E-state index contributed by atoms with van der Waals surface area (Å²) in [5, 5.41) is 1.62. The van der Waals surface area contributed by atoms with E-state index in [1.54, 1.807) is 6.07 Å². The summed E-state index contributed by atoms with van der Waals surface area (Å²) in [6.45, 7) is 2.10. The average molecular weight is 455 g/mol. The molecule has 0 aliphatic rings. The Morgan fingerprint density at radius 1 is 0.905 bits per heavy atom. The van der Waals surface area contributed by atoms with Gasteiger partial charge in [-0.3, -0.25) is 0 Å². The molecule has 0 amide bonds. The van der Waals surface area contributed by atoms with Gasteiger partial charge in [0.15, 0.2) is 0 Å². The van der Waals surface area contributed by atoms with E-state index in [1.807, 2.05) is 30.3 Å². The predicted molar refractivity (Wildman–Crippen MR) is 98.6 cm³/mol. The molecule has 0 radical (unpaired) electrons. The highest BCUT2D eigenvalue weighted by atomic mass is 127. The fourth-order valence-electron chi connectivity index (χ4n) is 2.54. The largest absolute Gasteiger partial charge is 0.206 e. The van der Waals surface area contributed by atoms with E-state index in [4.69, 9.17) is 0 Å². The maximum atomic E-state index is 14.0. The van der Waals surface area contributed by atoms with Crippen LogP contribution >= 0.6 is 38.5 Å². The van der Waals surface area contributed by atoms with Crippen molar-refractivity contribution < 1.29 is 4.39 Å². The van der Waals surface area contributed by atoms with Crippen LogP contribution in [0.1, 0.15) is 21.5 Å². The molecule has 3 heteroatoms. The first-order valence-electron chi connectivity index (χ1n) is 6.66. The molecule has 21 heavy (non-hydrogen) atoms. The normalized spacial score (nSPS) is 12.6. The van der Waals surface area contributed by atoms with Crippen molar-refractivity contribution >= 4 is 49.3 Å². The molecule has 0 heterocycles. The number of rotatable bonds is 2. The van der Waals surface area contributed by atoms with Gasteiger partial charge >= 0.3 is 0 Å². The third-order valence-corrected chi connectivity index (χ3v) is 6.13. The van der Waals surface area contributed by atoms with Crippen LogP contribution in [0.2, 0.25) is 0 Å². The Kier molecular flexibility index (Phi) is 4.31. The molecule has 0 aliphatic carbocycles. The first-order valence-corrected chi connectivity index (χ1v) is 8.65. The van der Waals surface area contributed by atoms with Gasteiger partial charge in [-0.25, -0.2) is 4.39 Å². The molecule has 0 bridgehead atoms. The quantitative estimate of drug-likeness (QED) is 0.311. The Labute approximate surface area is 145 Å². The molecule has 0 N–H and O–H groups in total. The van der Waals surface area contributed by atoms with Crippen LogP contribution < -0.4 is 0 Å². The van der Waals surface area contributed by atoms with Gasteiger partial charge in [0.2, 0.25) is 0 Å². The number of fused-ring (bicyclic) bond motifs is 1. The van der Waals surface area contributed by atoms with Crippen molar-refractivity contribution in [1.82, 2.24) is 0 Å². The van der Waals surface area contributed by atoms with Gasteiger partial charge in [-0.1, -0.05) is 64.5 Å². The molecule has 0 spiro atoms. The highest BCUT2D eigenvalue weighted by Gasteiger charge is 2.17. The molecule has 3 rings (SSSR count). The summed E-state index contributed by atoms with van der Waals surface area (Å²) in [7, 11) is 0. The van der Waals surface area contributed by atoms with Crippen LogP contribution in [-0.2, 0) is 0 Å². The highest BCUT2D eigenvalue weighted by molar-refractivity contribution is 14.1. The molecule has 0 nitrogen and oxygen atoms in total. The third-order valence-electron chi connectivity index (χ3n) is 3.67. The van der Waals surface area contributed by atoms with Crippen LogP contribution in [0.25, 0.3) is 10.8 Å². The second-order valence-electron chi connectivity index (χ2n) is 5.02. The van der Waals surface area contributed by atoms with Crippen LogP contribution in [-0.4, -0.2) is 0 Å². The summed E-state index contributed by atoms with van der Waals surface area (Å²) in [5.74, 6) is -0.173. The Morgan fingerprint density at radius 3 is 2.38 bits per heavy atom. The van der Waals surface area contributed by atoms with Gasteiger partial charge in [-0.2, -0.15) is 0 Å². The van der Waals surface area contributed by atoms with E-state index in [9.17, 15) is 4.39 Å². The first kappa shape index (κ1) is 15.0. The SMILES string of the molecule is Cc1cccc(C(Br)c2ccc(F)c3ccccc23)c1I. The topological polar surface area (TPSA) is 0 Å². The standard InChI is InChI=1S/C18H13BrFI/c1-11-5-4-8-15(18(11)21)17(19)14-9-10-16(20)13-7-3-2-6-12(13)14/h2-10,17H,1H3. The van der Waals surface area contributed by atoms with Gasteiger partial charge in [0.25, 0.3) is 0 Å². The number of aryl methyl sites for hydroxylation is 1. The molecule has 106 valence electrons. The van der Waals surface area contributed by atoms with Gasteiger partial charge in [-0.05, 0) is 57.7 Å². The molecule has 1 unspecified atom stereocenters. The maximum Gasteiger partial charge on any atom is 0.131 e. The fraction of sp³-hybridized carbons (Fsp3) is 0.111. The second-order valence-corrected chi connectivity index (χ2v) is 7.02. The van der Waals surface area contributed by atoms with E-state index in [0.29, 0.717) is 5.39 Å². The van der Waals surface area contributed by atoms with Gasteiger partial charge in [-0.15, -0.1) is 0 Å². The van der Waals surface area contributed by atoms with E-state index in [1.165, 1.54) is 14.7 Å². The molecule has 1 atom stereocenters. The smallest absolute Gasteiger partial charge is 0.131 e. The lowest BCUT2D eigenvalue weighted by Crippen LogP contribution is -1.99. The van der Waals surface area contributed by atoms with Crippen molar-refractivity contribution in [2.45, 2.75) is 11.8 Å². The monoisotopic (exact) mass is 454 g/mol. The first-order chi connectivity index (χ1) is 10.1. The van der Waals surface area contributed by atoms with Gasteiger partial charge < -0.3 is 0 Å². The zero-order valence-corrected chi connectivity index (χ0v) is 15.2. The lowest BCUT2D eigenvalue weighted by molar-refractivity contribution is 0.639. The minimum atomic E-state index is -0.173. The van der Waals surface area contributed by atoms with Crippen molar-refractivity contribution in [3.05, 3.63) is 80.7 Å². The van der Waals surface area contributed by atoms with E-state index < -0.39 is 0 Å². The summed E-state index contributed by atoms with van der Waals surface area (Å²) in [6.07, 6.45) is 0. The minimum Gasteiger partial charge on any atom is -0.206 e. The zero-order valence-electron chi connectivity index (χ0n) is 11.4. The predicted octanol–water partition coefficient (Wildman–Crippen LogP) is 6.38. The number of hydrogen-bond donors (Lipinski definition) is 0. The van der Waals surface area contributed by atoms with Crippen molar-refractivity contribution in [1.29, 1.82) is 0 Å². The maximum absolute atomic E-state index is 14.0. The molecule has 0 aromatic heterocycles. The number of benzene rings is 3. The Balaban J connectivity index is 2.21. The molecular weight excluding hydrogens is 442 g/mol. The Hall–Kier alpha value is -0.940. The van der Waals surface area contributed by atoms with E-state index in [-0.39, 0.29) is 10.6 Å². The van der Waals surface area contributed by atoms with Gasteiger partial charge in [0.1, 0.15) is 5.82 Å². The summed E-state index contributed by atoms with van der Waals surface area (Å²) in [5.41, 5.74) is 3.56. The summed E-state index contributed by atoms with van der Waals surface area (Å²) in [4.78, 5) is 0.0507. The molecule has 0 fully saturated rings. The van der Waals surface area contributed by atoms with Crippen LogP contribution in [0, 0.1) is 16.3 Å². The van der Waals surface area contributed by atoms with Crippen molar-refractivity contribution in [2.75, 3.05) is 0 Å². The molecular formula is C18H13BrFI. The fourth-order valence-corrected chi connectivity index (χ4v) is 4.42. The number of hydrogen-bond acceptors (Lipinski definition) is 0. The molecule has 3 aromatic carbocycles. The lowest BCUT2D eigenvalue weighted by Gasteiger charge is -2.16.